The van der Waals surface area contributed by atoms with Gasteiger partial charge in [0.25, 0.3) is 0 Å². The molecule has 6 nitrogen and oxygen atoms in total. The monoisotopic (exact) mass is 723 g/mol. The van der Waals surface area contributed by atoms with E-state index in [1.165, 1.54) is 105 Å². The molecule has 0 unspecified atom stereocenters. The highest BCUT2D eigenvalue weighted by molar-refractivity contribution is 7.16. The fraction of sp³-hybridized carbons (Fsp3) is 0.511. The van der Waals surface area contributed by atoms with Crippen LogP contribution in [0.15, 0.2) is 40.5 Å². The van der Waals surface area contributed by atoms with Crippen LogP contribution >= 0.6 is 0 Å². The molecular formula is C45H70N6Si. The summed E-state index contributed by atoms with van der Waals surface area (Å²) in [6, 6.07) is 7.47. The molecule has 0 spiro atoms. The second-order valence-electron chi connectivity index (χ2n) is 16.9. The first-order valence-electron chi connectivity index (χ1n) is 18.8. The molecule has 1 aliphatic carbocycles. The molecular weight excluding hydrogens is 653 g/mol. The molecule has 0 saturated heterocycles. The van der Waals surface area contributed by atoms with Gasteiger partial charge in [-0.2, -0.15) is 0 Å². The van der Waals surface area contributed by atoms with Crippen molar-refractivity contribution in [2.45, 2.75) is 74.8 Å². The van der Waals surface area contributed by atoms with Crippen LogP contribution in [0.2, 0.25) is 5.54 Å². The van der Waals surface area contributed by atoms with Crippen LogP contribution < -0.4 is 45.0 Å². The third kappa shape index (κ3) is 6.11. The van der Waals surface area contributed by atoms with Crippen molar-refractivity contribution in [1.82, 2.24) is 0 Å². The average molecular weight is 723 g/mol. The topological polar surface area (TPSA) is 19.4 Å². The highest BCUT2D eigenvalue weighted by Crippen LogP contribution is 2.51. The van der Waals surface area contributed by atoms with Crippen molar-refractivity contribution < 1.29 is 0 Å². The largest absolute Gasteiger partial charge is 0.378 e. The summed E-state index contributed by atoms with van der Waals surface area (Å²) in [6.07, 6.45) is 0. The number of benzene rings is 3. The summed E-state index contributed by atoms with van der Waals surface area (Å²) in [4.78, 5) is 14.3. The van der Waals surface area contributed by atoms with Crippen molar-refractivity contribution >= 4 is 57.8 Å². The summed E-state index contributed by atoms with van der Waals surface area (Å²) < 4.78 is 0. The first-order chi connectivity index (χ1) is 24.0. The predicted molar refractivity (Wildman–Crippen MR) is 239 cm³/mol. The van der Waals surface area contributed by atoms with E-state index < -0.39 is 8.07 Å². The minimum absolute atomic E-state index is 0.188. The lowest BCUT2D eigenvalue weighted by atomic mass is 10.0. The number of allylic oxidation sites excluding steroid dienone is 4. The molecule has 0 aliphatic heterocycles. The molecule has 0 amide bonds. The lowest BCUT2D eigenvalue weighted by molar-refractivity contribution is 1.05. The minimum Gasteiger partial charge on any atom is -0.378 e. The van der Waals surface area contributed by atoms with Crippen molar-refractivity contribution in [3.8, 4) is 0 Å². The van der Waals surface area contributed by atoms with Gasteiger partial charge in [0.2, 0.25) is 0 Å². The van der Waals surface area contributed by atoms with E-state index in [1.54, 1.807) is 0 Å². The summed E-state index contributed by atoms with van der Waals surface area (Å²) in [5.41, 5.74) is 22.1. The smallest absolute Gasteiger partial charge is 0.168 e. The van der Waals surface area contributed by atoms with Gasteiger partial charge in [-0.3, -0.25) is 0 Å². The standard InChI is InChI=1S/C45H70N6Si/c1-26-23-36(46(11)12)43(33(8)39(26)49(17)18)52(42-31(6)29(4)30(5)32(42)7,44-34(9)40(50(19)20)27(2)24-37(44)47(13)14)45-35(10)41(51(21)22)28(3)25-38(45)48(15)16/h23-25,42H,1-22H3. The number of hydrogen-bond acceptors (Lipinski definition) is 6. The Morgan fingerprint density at radius 3 is 0.788 bits per heavy atom. The molecule has 284 valence electrons. The molecule has 0 atom stereocenters. The van der Waals surface area contributed by atoms with Gasteiger partial charge in [-0.1, -0.05) is 11.1 Å². The summed E-state index contributed by atoms with van der Waals surface area (Å²) in [5, 5.41) is 4.53. The SMILES string of the molecule is CC1=C(C)C([Si](c2c(N(C)C)cc(C)c(N(C)C)c2C)(c2c(N(C)C)cc(C)c(N(C)C)c2C)c2c(N(C)C)cc(C)c(N(C)C)c2C)C(C)=C1C. The molecule has 7 heteroatoms. The predicted octanol–water partition coefficient (Wildman–Crippen LogP) is 7.46. The van der Waals surface area contributed by atoms with E-state index >= 15 is 0 Å². The van der Waals surface area contributed by atoms with Gasteiger partial charge in [0.15, 0.2) is 8.07 Å². The van der Waals surface area contributed by atoms with E-state index in [2.05, 4.69) is 201 Å². The van der Waals surface area contributed by atoms with Gasteiger partial charge in [0.1, 0.15) is 0 Å². The molecule has 0 saturated carbocycles. The Morgan fingerprint density at radius 2 is 0.596 bits per heavy atom. The first-order valence-corrected chi connectivity index (χ1v) is 20.9. The zero-order valence-electron chi connectivity index (χ0n) is 37.0. The first kappa shape index (κ1) is 40.9. The molecule has 1 aliphatic rings. The Balaban J connectivity index is 2.72. The minimum atomic E-state index is -3.28. The van der Waals surface area contributed by atoms with E-state index in [0.29, 0.717) is 0 Å². The summed E-state index contributed by atoms with van der Waals surface area (Å²) >= 11 is 0. The van der Waals surface area contributed by atoms with Crippen LogP contribution in [0, 0.1) is 41.5 Å². The Kier molecular flexibility index (Phi) is 11.4. The Morgan fingerprint density at radius 1 is 0.365 bits per heavy atom. The van der Waals surface area contributed by atoms with Gasteiger partial charge in [0.05, 0.1) is 0 Å². The lowest BCUT2D eigenvalue weighted by Crippen LogP contribution is -2.74. The molecule has 0 aromatic heterocycles. The number of hydrogen-bond donors (Lipinski definition) is 0. The van der Waals surface area contributed by atoms with Crippen LogP contribution in [0.5, 0.6) is 0 Å². The van der Waals surface area contributed by atoms with Crippen LogP contribution in [-0.4, -0.2) is 92.6 Å². The molecule has 0 N–H and O–H groups in total. The van der Waals surface area contributed by atoms with Crippen molar-refractivity contribution in [2.75, 3.05) is 114 Å². The molecule has 4 rings (SSSR count). The molecule has 0 bridgehead atoms. The average Bonchev–Trinajstić information content (AvgIpc) is 3.20. The van der Waals surface area contributed by atoms with Gasteiger partial charge in [0, 0.05) is 124 Å². The van der Waals surface area contributed by atoms with Crippen molar-refractivity contribution in [1.29, 1.82) is 0 Å². The molecule has 3 aromatic rings. The van der Waals surface area contributed by atoms with E-state index in [-0.39, 0.29) is 5.54 Å². The van der Waals surface area contributed by atoms with Crippen LogP contribution in [0.4, 0.5) is 34.1 Å². The number of rotatable bonds is 10. The molecule has 0 radical (unpaired) electrons. The zero-order chi connectivity index (χ0) is 39.6. The molecule has 3 aromatic carbocycles. The van der Waals surface area contributed by atoms with Crippen molar-refractivity contribution in [2.24, 2.45) is 0 Å². The van der Waals surface area contributed by atoms with Crippen LogP contribution in [0.1, 0.15) is 61.1 Å². The second kappa shape index (κ2) is 14.5. The quantitative estimate of drug-likeness (QED) is 0.159. The Labute approximate surface area is 319 Å². The Hall–Kier alpha value is -3.84. The summed E-state index contributed by atoms with van der Waals surface area (Å²) in [6.45, 7) is 23.8. The number of nitrogens with zero attached hydrogens (tertiary/aromatic N) is 6. The molecule has 52 heavy (non-hydrogen) atoms. The second-order valence-corrected chi connectivity index (χ2v) is 20.6. The zero-order valence-corrected chi connectivity index (χ0v) is 38.0. The van der Waals surface area contributed by atoms with Gasteiger partial charge >= 0.3 is 0 Å². The van der Waals surface area contributed by atoms with E-state index in [0.717, 1.165) is 0 Å². The van der Waals surface area contributed by atoms with E-state index in [9.17, 15) is 0 Å². The molecule has 0 heterocycles. The van der Waals surface area contributed by atoms with Gasteiger partial charge in [-0.15, -0.1) is 0 Å². The third-order valence-electron chi connectivity index (χ3n) is 12.2. The highest BCUT2D eigenvalue weighted by Gasteiger charge is 2.57. The highest BCUT2D eigenvalue weighted by atomic mass is 28.3. The maximum absolute atomic E-state index is 3.28. The maximum Gasteiger partial charge on any atom is 0.168 e. The van der Waals surface area contributed by atoms with Crippen molar-refractivity contribution in [3.05, 3.63) is 73.9 Å². The van der Waals surface area contributed by atoms with E-state index in [1.807, 2.05) is 0 Å². The lowest BCUT2D eigenvalue weighted by Gasteiger charge is -2.49. The number of aryl methyl sites for hydroxylation is 3. The van der Waals surface area contributed by atoms with E-state index in [4.69, 9.17) is 0 Å². The maximum atomic E-state index is 2.49. The van der Waals surface area contributed by atoms with Crippen LogP contribution in [0.3, 0.4) is 0 Å². The fourth-order valence-electron chi connectivity index (χ4n) is 10.3. The van der Waals surface area contributed by atoms with Crippen LogP contribution in [-0.2, 0) is 0 Å². The molecule has 0 fully saturated rings. The normalized spacial score (nSPS) is 13.7. The van der Waals surface area contributed by atoms with Gasteiger partial charge < -0.3 is 29.4 Å². The third-order valence-corrected chi connectivity index (χ3v) is 18.1. The van der Waals surface area contributed by atoms with Gasteiger partial charge in [-0.25, -0.2) is 0 Å². The fourth-order valence-corrected chi connectivity index (χ4v) is 17.9. The summed E-state index contributed by atoms with van der Waals surface area (Å²) in [5.74, 6) is 0. The summed E-state index contributed by atoms with van der Waals surface area (Å²) in [7, 11) is 23.6. The Bertz CT molecular complexity index is 1750. The van der Waals surface area contributed by atoms with Crippen molar-refractivity contribution in [3.63, 3.8) is 0 Å². The number of anilines is 6. The van der Waals surface area contributed by atoms with Crippen LogP contribution in [0.25, 0.3) is 0 Å². The van der Waals surface area contributed by atoms with Gasteiger partial charge in [-0.05, 0) is 148 Å².